The number of halogens is 1. The maximum absolute atomic E-state index is 12.1. The van der Waals surface area contributed by atoms with Gasteiger partial charge in [-0.25, -0.2) is 0 Å². The third kappa shape index (κ3) is 4.84. The van der Waals surface area contributed by atoms with Crippen LogP contribution in [0.2, 0.25) is 5.02 Å². The monoisotopic (exact) mass is 373 g/mol. The first kappa shape index (κ1) is 17.5. The molecule has 0 spiro atoms. The molecule has 2 aromatic carbocycles. The van der Waals surface area contributed by atoms with E-state index in [4.69, 9.17) is 16.0 Å². The minimum absolute atomic E-state index is 0.0565. The van der Waals surface area contributed by atoms with Gasteiger partial charge in [-0.05, 0) is 30.7 Å². The van der Waals surface area contributed by atoms with Gasteiger partial charge >= 0.3 is 0 Å². The Kier molecular flexibility index (Phi) is 5.73. The lowest BCUT2D eigenvalue weighted by Crippen LogP contribution is -2.28. The number of hydrogen-bond donors (Lipinski definition) is 1. The van der Waals surface area contributed by atoms with Gasteiger partial charge in [-0.2, -0.15) is 0 Å². The topological polar surface area (TPSA) is 68.0 Å². The molecule has 1 aromatic heterocycles. The Labute approximate surface area is 154 Å². The zero-order chi connectivity index (χ0) is 17.6. The zero-order valence-corrected chi connectivity index (χ0v) is 15.1. The zero-order valence-electron chi connectivity index (χ0n) is 13.5. The van der Waals surface area contributed by atoms with Crippen LogP contribution in [0.5, 0.6) is 0 Å². The highest BCUT2D eigenvalue weighted by atomic mass is 35.5. The fraction of sp³-hybridized carbons (Fsp3) is 0.167. The predicted octanol–water partition coefficient (Wildman–Crippen LogP) is 4.36. The van der Waals surface area contributed by atoms with Crippen LogP contribution in [0.1, 0.15) is 18.5 Å². The SMILES string of the molecule is C[C@@H](NC(=O)CSc1nnc(-c2cccc(Cl)c2)o1)c1ccccc1. The Hall–Kier alpha value is -2.31. The highest BCUT2D eigenvalue weighted by molar-refractivity contribution is 7.99. The van der Waals surface area contributed by atoms with E-state index >= 15 is 0 Å². The maximum atomic E-state index is 12.1. The predicted molar refractivity (Wildman–Crippen MR) is 98.5 cm³/mol. The molecular formula is C18H16ClN3O2S. The Balaban J connectivity index is 1.54. The fourth-order valence-corrected chi connectivity index (χ4v) is 3.01. The van der Waals surface area contributed by atoms with Crippen molar-refractivity contribution in [1.82, 2.24) is 15.5 Å². The summed E-state index contributed by atoms with van der Waals surface area (Å²) in [6.07, 6.45) is 0. The van der Waals surface area contributed by atoms with Gasteiger partial charge in [0.2, 0.25) is 11.8 Å². The van der Waals surface area contributed by atoms with Gasteiger partial charge < -0.3 is 9.73 Å². The van der Waals surface area contributed by atoms with Crippen LogP contribution in [0, 0.1) is 0 Å². The maximum Gasteiger partial charge on any atom is 0.277 e. The fourth-order valence-electron chi connectivity index (χ4n) is 2.24. The van der Waals surface area contributed by atoms with E-state index in [1.54, 1.807) is 12.1 Å². The van der Waals surface area contributed by atoms with Gasteiger partial charge in [0, 0.05) is 10.6 Å². The first-order valence-electron chi connectivity index (χ1n) is 7.68. The Bertz CT molecular complexity index is 854. The normalized spacial score (nSPS) is 11.9. The number of carbonyl (C=O) groups is 1. The molecule has 0 aliphatic carbocycles. The third-order valence-electron chi connectivity index (χ3n) is 3.48. The van der Waals surface area contributed by atoms with Gasteiger partial charge in [-0.1, -0.05) is 59.8 Å². The first-order chi connectivity index (χ1) is 12.1. The number of nitrogens with one attached hydrogen (secondary N) is 1. The van der Waals surface area contributed by atoms with Crippen molar-refractivity contribution in [2.75, 3.05) is 5.75 Å². The molecule has 3 aromatic rings. The molecule has 5 nitrogen and oxygen atoms in total. The van der Waals surface area contributed by atoms with Crippen LogP contribution in [0.4, 0.5) is 0 Å². The Morgan fingerprint density at radius 2 is 2.00 bits per heavy atom. The molecule has 25 heavy (non-hydrogen) atoms. The van der Waals surface area contributed by atoms with Crippen LogP contribution >= 0.6 is 23.4 Å². The summed E-state index contributed by atoms with van der Waals surface area (Å²) in [6.45, 7) is 1.95. The van der Waals surface area contributed by atoms with Crippen LogP contribution in [-0.2, 0) is 4.79 Å². The summed E-state index contributed by atoms with van der Waals surface area (Å²) in [5.74, 6) is 0.487. The number of amides is 1. The Morgan fingerprint density at radius 1 is 1.20 bits per heavy atom. The van der Waals surface area contributed by atoms with Gasteiger partial charge in [0.1, 0.15) is 0 Å². The van der Waals surface area contributed by atoms with Crippen molar-refractivity contribution in [2.45, 2.75) is 18.2 Å². The molecule has 3 rings (SSSR count). The van der Waals surface area contributed by atoms with Crippen molar-refractivity contribution in [3.8, 4) is 11.5 Å². The minimum atomic E-state index is -0.0936. The average Bonchev–Trinajstić information content (AvgIpc) is 3.10. The van der Waals surface area contributed by atoms with E-state index in [0.29, 0.717) is 16.1 Å². The third-order valence-corrected chi connectivity index (χ3v) is 4.54. The number of rotatable bonds is 6. The standard InChI is InChI=1S/C18H16ClN3O2S/c1-12(13-6-3-2-4-7-13)20-16(23)11-25-18-22-21-17(24-18)14-8-5-9-15(19)10-14/h2-10,12H,11H2,1H3,(H,20,23)/t12-/m1/s1. The number of benzene rings is 2. The lowest BCUT2D eigenvalue weighted by atomic mass is 10.1. The van der Waals surface area contributed by atoms with E-state index in [1.807, 2.05) is 49.4 Å². The molecule has 0 saturated heterocycles. The van der Waals surface area contributed by atoms with E-state index in [2.05, 4.69) is 15.5 Å². The number of carbonyl (C=O) groups excluding carboxylic acids is 1. The van der Waals surface area contributed by atoms with E-state index in [1.165, 1.54) is 11.8 Å². The highest BCUT2D eigenvalue weighted by Crippen LogP contribution is 2.25. The van der Waals surface area contributed by atoms with E-state index in [0.717, 1.165) is 11.1 Å². The molecule has 0 saturated carbocycles. The molecule has 1 amide bonds. The van der Waals surface area contributed by atoms with Crippen LogP contribution in [-0.4, -0.2) is 21.9 Å². The molecule has 0 aliphatic rings. The quantitative estimate of drug-likeness (QED) is 0.650. The number of nitrogens with zero attached hydrogens (tertiary/aromatic N) is 2. The summed E-state index contributed by atoms with van der Waals surface area (Å²) >= 11 is 7.16. The average molecular weight is 374 g/mol. The summed E-state index contributed by atoms with van der Waals surface area (Å²) in [7, 11) is 0. The second kappa shape index (κ2) is 8.18. The van der Waals surface area contributed by atoms with Crippen molar-refractivity contribution >= 4 is 29.3 Å². The molecule has 1 heterocycles. The molecular weight excluding hydrogens is 358 g/mol. The molecule has 0 unspecified atom stereocenters. The number of hydrogen-bond acceptors (Lipinski definition) is 5. The summed E-state index contributed by atoms with van der Waals surface area (Å²) in [5.41, 5.74) is 1.80. The minimum Gasteiger partial charge on any atom is -0.411 e. The molecule has 0 aliphatic heterocycles. The summed E-state index contributed by atoms with van der Waals surface area (Å²) in [4.78, 5) is 12.1. The van der Waals surface area contributed by atoms with Crippen LogP contribution in [0.15, 0.2) is 64.2 Å². The molecule has 128 valence electrons. The van der Waals surface area contributed by atoms with Crippen molar-refractivity contribution in [2.24, 2.45) is 0 Å². The van der Waals surface area contributed by atoms with Gasteiger partial charge in [0.05, 0.1) is 11.8 Å². The number of aromatic nitrogens is 2. The van der Waals surface area contributed by atoms with Crippen molar-refractivity contribution in [3.05, 3.63) is 65.2 Å². The summed E-state index contributed by atoms with van der Waals surface area (Å²) < 4.78 is 5.57. The first-order valence-corrected chi connectivity index (χ1v) is 9.05. The van der Waals surface area contributed by atoms with Gasteiger partial charge in [0.15, 0.2) is 0 Å². The van der Waals surface area contributed by atoms with E-state index in [-0.39, 0.29) is 17.7 Å². The molecule has 1 N–H and O–H groups in total. The van der Waals surface area contributed by atoms with Crippen LogP contribution in [0.3, 0.4) is 0 Å². The van der Waals surface area contributed by atoms with Crippen LogP contribution in [0.25, 0.3) is 11.5 Å². The molecule has 0 radical (unpaired) electrons. The molecule has 1 atom stereocenters. The summed E-state index contributed by atoms with van der Waals surface area (Å²) in [6, 6.07) is 16.9. The lowest BCUT2D eigenvalue weighted by molar-refractivity contribution is -0.119. The second-order valence-corrected chi connectivity index (χ2v) is 6.74. The van der Waals surface area contributed by atoms with E-state index in [9.17, 15) is 4.79 Å². The summed E-state index contributed by atoms with van der Waals surface area (Å²) in [5, 5.41) is 11.8. The number of thioether (sulfide) groups is 1. The van der Waals surface area contributed by atoms with Gasteiger partial charge in [-0.15, -0.1) is 10.2 Å². The second-order valence-electron chi connectivity index (χ2n) is 5.37. The van der Waals surface area contributed by atoms with Crippen molar-refractivity contribution in [1.29, 1.82) is 0 Å². The largest absolute Gasteiger partial charge is 0.411 e. The van der Waals surface area contributed by atoms with Crippen molar-refractivity contribution in [3.63, 3.8) is 0 Å². The van der Waals surface area contributed by atoms with Crippen molar-refractivity contribution < 1.29 is 9.21 Å². The Morgan fingerprint density at radius 3 is 2.76 bits per heavy atom. The van der Waals surface area contributed by atoms with Gasteiger partial charge in [0.25, 0.3) is 5.22 Å². The molecule has 7 heteroatoms. The lowest BCUT2D eigenvalue weighted by Gasteiger charge is -2.13. The van der Waals surface area contributed by atoms with Gasteiger partial charge in [-0.3, -0.25) is 4.79 Å². The highest BCUT2D eigenvalue weighted by Gasteiger charge is 2.13. The van der Waals surface area contributed by atoms with E-state index < -0.39 is 0 Å². The smallest absolute Gasteiger partial charge is 0.277 e. The molecule has 0 fully saturated rings. The van der Waals surface area contributed by atoms with Crippen LogP contribution < -0.4 is 5.32 Å². The molecule has 0 bridgehead atoms.